The van der Waals surface area contributed by atoms with Crippen LogP contribution >= 0.6 is 0 Å². The molecular formula is C23H23N5O3. The van der Waals surface area contributed by atoms with Crippen LogP contribution in [0.1, 0.15) is 20.7 Å². The standard InChI is InChI=1S/C23H23N5O3/c24-19-20(22(30)16-4-2-1-3-15(16)21(19)29)25-8-9-27-10-12-28(13-11-27)23-17-6-14-31-18(17)5-7-26-23/h1-7,14,25H,8-13,24H2. The van der Waals surface area contributed by atoms with Crippen molar-refractivity contribution in [3.8, 4) is 0 Å². The van der Waals surface area contributed by atoms with Crippen molar-refractivity contribution in [2.45, 2.75) is 0 Å². The molecule has 3 heterocycles. The average molecular weight is 417 g/mol. The Morgan fingerprint density at radius 2 is 1.74 bits per heavy atom. The quantitative estimate of drug-likeness (QED) is 0.648. The molecule has 0 atom stereocenters. The van der Waals surface area contributed by atoms with Gasteiger partial charge in [0.1, 0.15) is 22.8 Å². The van der Waals surface area contributed by atoms with E-state index in [4.69, 9.17) is 10.2 Å². The molecule has 2 aromatic heterocycles. The van der Waals surface area contributed by atoms with Gasteiger partial charge in [-0.15, -0.1) is 0 Å². The minimum Gasteiger partial charge on any atom is -0.464 e. The molecule has 0 unspecified atom stereocenters. The van der Waals surface area contributed by atoms with Crippen molar-refractivity contribution in [1.82, 2.24) is 15.2 Å². The van der Waals surface area contributed by atoms with Gasteiger partial charge in [-0.1, -0.05) is 24.3 Å². The van der Waals surface area contributed by atoms with Crippen molar-refractivity contribution in [3.05, 3.63) is 71.4 Å². The van der Waals surface area contributed by atoms with Crippen LogP contribution in [-0.4, -0.2) is 60.7 Å². The van der Waals surface area contributed by atoms with Gasteiger partial charge in [0.25, 0.3) is 0 Å². The van der Waals surface area contributed by atoms with Crippen LogP contribution in [0.25, 0.3) is 11.0 Å². The molecule has 3 N–H and O–H groups in total. The normalized spacial score (nSPS) is 17.4. The Bertz CT molecular complexity index is 1190. The third-order valence-corrected chi connectivity index (χ3v) is 5.92. The minimum atomic E-state index is -0.299. The van der Waals surface area contributed by atoms with Crippen LogP contribution in [0.4, 0.5) is 5.82 Å². The highest BCUT2D eigenvalue weighted by Gasteiger charge is 2.30. The molecule has 8 heteroatoms. The molecule has 158 valence electrons. The molecule has 8 nitrogen and oxygen atoms in total. The number of nitrogens with one attached hydrogen (secondary N) is 1. The summed E-state index contributed by atoms with van der Waals surface area (Å²) in [5.41, 5.74) is 7.79. The number of pyridine rings is 1. The maximum absolute atomic E-state index is 12.8. The number of hydrogen-bond donors (Lipinski definition) is 2. The number of ketones is 2. The van der Waals surface area contributed by atoms with Crippen molar-refractivity contribution in [3.63, 3.8) is 0 Å². The number of rotatable bonds is 5. The number of Topliss-reactive ketones (excluding diaryl/α,β-unsaturated/α-hetero) is 2. The van der Waals surface area contributed by atoms with E-state index in [0.29, 0.717) is 17.7 Å². The lowest BCUT2D eigenvalue weighted by Gasteiger charge is -2.35. The van der Waals surface area contributed by atoms with Crippen molar-refractivity contribution in [1.29, 1.82) is 0 Å². The predicted molar refractivity (Wildman–Crippen MR) is 117 cm³/mol. The van der Waals surface area contributed by atoms with Crippen LogP contribution in [0.15, 0.2) is 64.7 Å². The SMILES string of the molecule is NC1=C(NCCN2CCN(c3nccc4occc34)CC2)C(=O)c2ccccc2C1=O. The second-order valence-corrected chi connectivity index (χ2v) is 7.71. The van der Waals surface area contributed by atoms with Crippen LogP contribution in [-0.2, 0) is 0 Å². The zero-order valence-corrected chi connectivity index (χ0v) is 17.0. The largest absolute Gasteiger partial charge is 0.464 e. The van der Waals surface area contributed by atoms with E-state index in [1.807, 2.05) is 12.1 Å². The molecule has 0 saturated carbocycles. The fourth-order valence-corrected chi connectivity index (χ4v) is 4.22. The topological polar surface area (TPSA) is 105 Å². The maximum Gasteiger partial charge on any atom is 0.211 e. The number of carbonyl (C=O) groups is 2. The van der Waals surface area contributed by atoms with Crippen molar-refractivity contribution >= 4 is 28.4 Å². The van der Waals surface area contributed by atoms with Gasteiger partial charge in [0, 0.05) is 56.6 Å². The summed E-state index contributed by atoms with van der Waals surface area (Å²) in [4.78, 5) is 34.4. The van der Waals surface area contributed by atoms with E-state index >= 15 is 0 Å². The van der Waals surface area contributed by atoms with Crippen LogP contribution in [0.2, 0.25) is 0 Å². The first-order valence-electron chi connectivity index (χ1n) is 10.3. The van der Waals surface area contributed by atoms with Gasteiger partial charge < -0.3 is 20.4 Å². The molecular weight excluding hydrogens is 394 g/mol. The Morgan fingerprint density at radius 1 is 1.00 bits per heavy atom. The number of anilines is 1. The Hall–Kier alpha value is -3.65. The first-order valence-corrected chi connectivity index (χ1v) is 10.3. The number of furan rings is 1. The van der Waals surface area contributed by atoms with E-state index in [2.05, 4.69) is 20.1 Å². The molecule has 0 spiro atoms. The highest BCUT2D eigenvalue weighted by Crippen LogP contribution is 2.26. The van der Waals surface area contributed by atoms with Gasteiger partial charge in [-0.05, 0) is 12.1 Å². The molecule has 0 amide bonds. The number of hydrogen-bond acceptors (Lipinski definition) is 8. The lowest BCUT2D eigenvalue weighted by molar-refractivity contribution is 0.0966. The van der Waals surface area contributed by atoms with Crippen LogP contribution < -0.4 is 16.0 Å². The first-order chi connectivity index (χ1) is 15.1. The molecule has 0 radical (unpaired) electrons. The number of carbonyl (C=O) groups excluding carboxylic acids is 2. The lowest BCUT2D eigenvalue weighted by atomic mass is 9.90. The Kier molecular flexibility index (Phi) is 4.91. The fourth-order valence-electron chi connectivity index (χ4n) is 4.22. The molecule has 1 saturated heterocycles. The molecule has 1 aliphatic heterocycles. The fraction of sp³-hybridized carbons (Fsp3) is 0.261. The highest BCUT2D eigenvalue weighted by atomic mass is 16.3. The molecule has 2 aliphatic rings. The average Bonchev–Trinajstić information content (AvgIpc) is 3.29. The third-order valence-electron chi connectivity index (χ3n) is 5.92. The number of aromatic nitrogens is 1. The third kappa shape index (κ3) is 3.44. The van der Waals surface area contributed by atoms with Gasteiger partial charge in [-0.25, -0.2) is 4.98 Å². The van der Waals surface area contributed by atoms with E-state index in [9.17, 15) is 9.59 Å². The monoisotopic (exact) mass is 417 g/mol. The highest BCUT2D eigenvalue weighted by molar-refractivity contribution is 6.26. The van der Waals surface area contributed by atoms with Crippen molar-refractivity contribution < 1.29 is 14.0 Å². The summed E-state index contributed by atoms with van der Waals surface area (Å²) >= 11 is 0. The van der Waals surface area contributed by atoms with Gasteiger partial charge in [-0.2, -0.15) is 0 Å². The number of piperazine rings is 1. The van der Waals surface area contributed by atoms with E-state index in [0.717, 1.165) is 49.5 Å². The second-order valence-electron chi connectivity index (χ2n) is 7.71. The number of nitrogens with zero attached hydrogens (tertiary/aromatic N) is 3. The van der Waals surface area contributed by atoms with E-state index < -0.39 is 0 Å². The first kappa shape index (κ1) is 19.3. The molecule has 1 aliphatic carbocycles. The van der Waals surface area contributed by atoms with Gasteiger partial charge in [-0.3, -0.25) is 14.5 Å². The summed E-state index contributed by atoms with van der Waals surface area (Å²) in [5, 5.41) is 4.14. The molecule has 3 aromatic rings. The summed E-state index contributed by atoms with van der Waals surface area (Å²) in [7, 11) is 0. The Morgan fingerprint density at radius 3 is 2.52 bits per heavy atom. The maximum atomic E-state index is 12.8. The summed E-state index contributed by atoms with van der Waals surface area (Å²) < 4.78 is 5.48. The van der Waals surface area contributed by atoms with Crippen molar-refractivity contribution in [2.75, 3.05) is 44.2 Å². The number of allylic oxidation sites excluding steroid dienone is 2. The Balaban J connectivity index is 1.18. The second kappa shape index (κ2) is 7.88. The molecule has 1 aromatic carbocycles. The molecule has 0 bridgehead atoms. The minimum absolute atomic E-state index is 0.00667. The van der Waals surface area contributed by atoms with Crippen LogP contribution in [0, 0.1) is 0 Å². The van der Waals surface area contributed by atoms with Gasteiger partial charge in [0.2, 0.25) is 11.6 Å². The number of nitrogens with two attached hydrogens (primary N) is 1. The van der Waals surface area contributed by atoms with Crippen LogP contribution in [0.3, 0.4) is 0 Å². The van der Waals surface area contributed by atoms with E-state index in [-0.39, 0.29) is 23.0 Å². The summed E-state index contributed by atoms with van der Waals surface area (Å²) in [6.07, 6.45) is 3.46. The molecule has 31 heavy (non-hydrogen) atoms. The van der Waals surface area contributed by atoms with Gasteiger partial charge >= 0.3 is 0 Å². The van der Waals surface area contributed by atoms with Crippen molar-refractivity contribution in [2.24, 2.45) is 5.73 Å². The summed E-state index contributed by atoms with van der Waals surface area (Å²) in [5.74, 6) is 0.427. The number of benzene rings is 1. The number of fused-ring (bicyclic) bond motifs is 2. The summed E-state index contributed by atoms with van der Waals surface area (Å²) in [6.45, 7) is 4.74. The lowest BCUT2D eigenvalue weighted by Crippen LogP contribution is -2.48. The molecule has 1 fully saturated rings. The molecule has 5 rings (SSSR count). The van der Waals surface area contributed by atoms with E-state index in [1.165, 1.54) is 0 Å². The van der Waals surface area contributed by atoms with E-state index in [1.54, 1.807) is 36.7 Å². The van der Waals surface area contributed by atoms with Gasteiger partial charge in [0.05, 0.1) is 11.6 Å². The van der Waals surface area contributed by atoms with Gasteiger partial charge in [0.15, 0.2) is 0 Å². The Labute approximate surface area is 179 Å². The zero-order chi connectivity index (χ0) is 21.4. The summed E-state index contributed by atoms with van der Waals surface area (Å²) in [6, 6.07) is 10.6. The predicted octanol–water partition coefficient (Wildman–Crippen LogP) is 1.79. The zero-order valence-electron chi connectivity index (χ0n) is 17.0. The smallest absolute Gasteiger partial charge is 0.211 e. The van der Waals surface area contributed by atoms with Crippen LogP contribution in [0.5, 0.6) is 0 Å².